The fourth-order valence-electron chi connectivity index (χ4n) is 1.82. The number of likely N-dealkylation sites (N-methyl/N-ethyl adjacent to an activating group) is 1. The van der Waals surface area contributed by atoms with Crippen molar-refractivity contribution in [2.45, 2.75) is 12.5 Å². The Labute approximate surface area is 102 Å². The van der Waals surface area contributed by atoms with Crippen molar-refractivity contribution in [3.63, 3.8) is 0 Å². The van der Waals surface area contributed by atoms with Crippen LogP contribution in [0.3, 0.4) is 0 Å². The number of hydrogen-bond acceptors (Lipinski definition) is 2. The molecule has 0 aromatic heterocycles. The fraction of sp³-hybridized carbons (Fsp3) is 0.385. The van der Waals surface area contributed by atoms with Crippen LogP contribution in [0.5, 0.6) is 0 Å². The monoisotopic (exact) mass is 239 g/mol. The van der Waals surface area contributed by atoms with Crippen molar-refractivity contribution in [2.75, 3.05) is 20.2 Å². The van der Waals surface area contributed by atoms with Crippen LogP contribution in [-0.2, 0) is 0 Å². The summed E-state index contributed by atoms with van der Waals surface area (Å²) in [7, 11) is 1.99. The van der Waals surface area contributed by atoms with Crippen LogP contribution < -0.4 is 0 Å². The Balaban J connectivity index is 2.78. The lowest BCUT2D eigenvalue weighted by Gasteiger charge is -2.27. The molecule has 1 aromatic rings. The summed E-state index contributed by atoms with van der Waals surface area (Å²) >= 11 is 5.81. The molecule has 0 aliphatic heterocycles. The second kappa shape index (κ2) is 6.69. The van der Waals surface area contributed by atoms with Gasteiger partial charge in [-0.05, 0) is 19.0 Å². The van der Waals surface area contributed by atoms with E-state index < -0.39 is 0 Å². The molecular weight excluding hydrogens is 222 g/mol. The molecular formula is C13H18ClNO. The van der Waals surface area contributed by atoms with Crippen molar-refractivity contribution < 1.29 is 5.11 Å². The molecule has 2 nitrogen and oxygen atoms in total. The molecule has 1 atom stereocenters. The minimum Gasteiger partial charge on any atom is -0.396 e. The van der Waals surface area contributed by atoms with Crippen LogP contribution in [0.1, 0.15) is 18.0 Å². The molecule has 1 aromatic carbocycles. The van der Waals surface area contributed by atoms with Crippen LogP contribution in [0, 0.1) is 0 Å². The maximum absolute atomic E-state index is 9.10. The van der Waals surface area contributed by atoms with Crippen LogP contribution in [-0.4, -0.2) is 30.2 Å². The van der Waals surface area contributed by atoms with Gasteiger partial charge in [0, 0.05) is 24.2 Å². The first-order chi connectivity index (χ1) is 7.65. The lowest BCUT2D eigenvalue weighted by molar-refractivity contribution is 0.197. The number of hydrogen-bond donors (Lipinski definition) is 1. The van der Waals surface area contributed by atoms with E-state index in [1.54, 1.807) is 0 Å². The molecule has 88 valence electrons. The van der Waals surface area contributed by atoms with Gasteiger partial charge in [-0.2, -0.15) is 0 Å². The minimum atomic E-state index is 0.165. The van der Waals surface area contributed by atoms with Crippen LogP contribution in [0.25, 0.3) is 0 Å². The SMILES string of the molecule is C=C(Cl)CN(C)C(CCO)c1ccccc1. The van der Waals surface area contributed by atoms with Gasteiger partial charge in [-0.3, -0.25) is 4.90 Å². The molecule has 3 heteroatoms. The van der Waals surface area contributed by atoms with Gasteiger partial charge in [-0.1, -0.05) is 48.5 Å². The van der Waals surface area contributed by atoms with E-state index in [1.807, 2.05) is 25.2 Å². The predicted molar refractivity (Wildman–Crippen MR) is 68.5 cm³/mol. The van der Waals surface area contributed by atoms with Crippen molar-refractivity contribution in [3.8, 4) is 0 Å². The summed E-state index contributed by atoms with van der Waals surface area (Å²) in [5, 5.41) is 9.71. The molecule has 0 spiro atoms. The third kappa shape index (κ3) is 3.97. The molecule has 0 heterocycles. The standard InChI is InChI=1S/C13H18ClNO/c1-11(14)10-15(2)13(8-9-16)12-6-4-3-5-7-12/h3-7,13,16H,1,8-10H2,2H3. The molecule has 0 fully saturated rings. The smallest absolute Gasteiger partial charge is 0.0449 e. The van der Waals surface area contributed by atoms with E-state index in [2.05, 4.69) is 23.6 Å². The molecule has 0 aliphatic carbocycles. The second-order valence-corrected chi connectivity index (χ2v) is 4.41. The van der Waals surface area contributed by atoms with Gasteiger partial charge in [0.1, 0.15) is 0 Å². The van der Waals surface area contributed by atoms with Gasteiger partial charge >= 0.3 is 0 Å². The van der Waals surface area contributed by atoms with Gasteiger partial charge in [-0.25, -0.2) is 0 Å². The molecule has 0 aliphatic rings. The Hall–Kier alpha value is -0.830. The Morgan fingerprint density at radius 1 is 1.44 bits per heavy atom. The first kappa shape index (κ1) is 13.2. The van der Waals surface area contributed by atoms with E-state index in [-0.39, 0.29) is 12.6 Å². The van der Waals surface area contributed by atoms with E-state index in [0.29, 0.717) is 18.0 Å². The predicted octanol–water partition coefficient (Wildman–Crippen LogP) is 2.79. The Morgan fingerprint density at radius 2 is 2.06 bits per heavy atom. The molecule has 0 saturated heterocycles. The quantitative estimate of drug-likeness (QED) is 0.825. The summed E-state index contributed by atoms with van der Waals surface area (Å²) in [5.74, 6) is 0. The molecule has 16 heavy (non-hydrogen) atoms. The minimum absolute atomic E-state index is 0.165. The summed E-state index contributed by atoms with van der Waals surface area (Å²) in [6.45, 7) is 4.48. The largest absolute Gasteiger partial charge is 0.396 e. The maximum atomic E-state index is 9.10. The molecule has 0 amide bonds. The fourth-order valence-corrected chi connectivity index (χ4v) is 2.01. The van der Waals surface area contributed by atoms with Crippen LogP contribution in [0.2, 0.25) is 0 Å². The number of aliphatic hydroxyl groups is 1. The van der Waals surface area contributed by atoms with Gasteiger partial charge in [0.15, 0.2) is 0 Å². The molecule has 0 bridgehead atoms. The molecule has 0 saturated carbocycles. The average Bonchev–Trinajstić information content (AvgIpc) is 2.26. The summed E-state index contributed by atoms with van der Waals surface area (Å²) in [4.78, 5) is 2.10. The van der Waals surface area contributed by atoms with Crippen LogP contribution in [0.4, 0.5) is 0 Å². The summed E-state index contributed by atoms with van der Waals surface area (Å²) < 4.78 is 0. The van der Waals surface area contributed by atoms with Crippen molar-refractivity contribution in [1.29, 1.82) is 0 Å². The summed E-state index contributed by atoms with van der Waals surface area (Å²) in [5.41, 5.74) is 1.19. The third-order valence-corrected chi connectivity index (χ3v) is 2.66. The van der Waals surface area contributed by atoms with Gasteiger partial charge in [-0.15, -0.1) is 0 Å². The highest BCUT2D eigenvalue weighted by Gasteiger charge is 2.16. The number of benzene rings is 1. The van der Waals surface area contributed by atoms with E-state index >= 15 is 0 Å². The lowest BCUT2D eigenvalue weighted by Crippen LogP contribution is -2.26. The lowest BCUT2D eigenvalue weighted by atomic mass is 10.0. The van der Waals surface area contributed by atoms with Crippen molar-refractivity contribution >= 4 is 11.6 Å². The molecule has 1 rings (SSSR count). The Kier molecular flexibility index (Phi) is 5.53. The number of nitrogens with zero attached hydrogens (tertiary/aromatic N) is 1. The molecule has 0 radical (unpaired) electrons. The van der Waals surface area contributed by atoms with Crippen molar-refractivity contribution in [2.24, 2.45) is 0 Å². The zero-order chi connectivity index (χ0) is 12.0. The Bertz CT molecular complexity index is 326. The zero-order valence-electron chi connectivity index (χ0n) is 9.56. The van der Waals surface area contributed by atoms with Crippen LogP contribution >= 0.6 is 11.6 Å². The second-order valence-electron chi connectivity index (χ2n) is 3.87. The van der Waals surface area contributed by atoms with Crippen LogP contribution in [0.15, 0.2) is 41.9 Å². The highest BCUT2D eigenvalue weighted by atomic mass is 35.5. The van der Waals surface area contributed by atoms with E-state index in [9.17, 15) is 0 Å². The van der Waals surface area contributed by atoms with E-state index in [0.717, 1.165) is 0 Å². The highest BCUT2D eigenvalue weighted by Crippen LogP contribution is 2.23. The van der Waals surface area contributed by atoms with Gasteiger partial charge in [0.05, 0.1) is 0 Å². The van der Waals surface area contributed by atoms with Gasteiger partial charge in [0.2, 0.25) is 0 Å². The zero-order valence-corrected chi connectivity index (χ0v) is 10.3. The first-order valence-electron chi connectivity index (χ1n) is 5.34. The Morgan fingerprint density at radius 3 is 2.56 bits per heavy atom. The van der Waals surface area contributed by atoms with E-state index in [4.69, 9.17) is 16.7 Å². The third-order valence-electron chi connectivity index (χ3n) is 2.54. The normalized spacial score (nSPS) is 12.8. The van der Waals surface area contributed by atoms with Crippen molar-refractivity contribution in [3.05, 3.63) is 47.5 Å². The maximum Gasteiger partial charge on any atom is 0.0449 e. The number of halogens is 1. The number of aliphatic hydroxyl groups excluding tert-OH is 1. The molecule has 1 unspecified atom stereocenters. The molecule has 1 N–H and O–H groups in total. The average molecular weight is 240 g/mol. The van der Waals surface area contributed by atoms with E-state index in [1.165, 1.54) is 5.56 Å². The van der Waals surface area contributed by atoms with Gasteiger partial charge in [0.25, 0.3) is 0 Å². The highest BCUT2D eigenvalue weighted by molar-refractivity contribution is 6.29. The van der Waals surface area contributed by atoms with Gasteiger partial charge < -0.3 is 5.11 Å². The number of rotatable bonds is 6. The van der Waals surface area contributed by atoms with Crippen molar-refractivity contribution in [1.82, 2.24) is 4.90 Å². The topological polar surface area (TPSA) is 23.5 Å². The summed E-state index contributed by atoms with van der Waals surface area (Å²) in [6.07, 6.45) is 0.699. The first-order valence-corrected chi connectivity index (χ1v) is 5.72. The summed E-state index contributed by atoms with van der Waals surface area (Å²) in [6, 6.07) is 10.3.